The zero-order chi connectivity index (χ0) is 8.53. The molecule has 1 rings (SSSR count). The van der Waals surface area contributed by atoms with Crippen LogP contribution in [-0.2, 0) is 4.79 Å². The van der Waals surface area contributed by atoms with Crippen LogP contribution in [0.3, 0.4) is 0 Å². The van der Waals surface area contributed by atoms with Gasteiger partial charge in [0.2, 0.25) is 0 Å². The van der Waals surface area contributed by atoms with Gasteiger partial charge in [-0.1, -0.05) is 6.07 Å². The number of carboxylic acid groups (broad SMARTS) is 1. The van der Waals surface area contributed by atoms with E-state index in [0.717, 1.165) is 0 Å². The molecule has 0 fully saturated rings. The van der Waals surface area contributed by atoms with Gasteiger partial charge in [0.1, 0.15) is 0 Å². The Morgan fingerprint density at radius 3 is 1.92 bits per heavy atom. The monoisotopic (exact) mass is 181 g/mol. The summed E-state index contributed by atoms with van der Waals surface area (Å²) in [6.07, 6.45) is 3.50. The summed E-state index contributed by atoms with van der Waals surface area (Å²) in [7, 11) is 0. The van der Waals surface area contributed by atoms with Crippen molar-refractivity contribution in [2.45, 2.75) is 0 Å². The first-order valence-corrected chi connectivity index (χ1v) is 2.90. The van der Waals surface area contributed by atoms with Crippen molar-refractivity contribution in [3.8, 4) is 0 Å². The van der Waals surface area contributed by atoms with Gasteiger partial charge in [0.05, 0.1) is 0 Å². The summed E-state index contributed by atoms with van der Waals surface area (Å²) in [5, 5.41) is 7.35. The van der Waals surface area contributed by atoms with Crippen LogP contribution in [0.2, 0.25) is 0 Å². The van der Waals surface area contributed by atoms with Crippen LogP contribution in [0.15, 0.2) is 30.6 Å². The second-order valence-electron chi connectivity index (χ2n) is 1.55. The fraction of sp³-hybridized carbons (Fsp3) is 0.143. The van der Waals surface area contributed by atoms with Crippen LogP contribution in [0.5, 0.6) is 0 Å². The third-order valence-electron chi connectivity index (χ3n) is 0.681. The zero-order valence-electron chi connectivity index (χ0n) is 7.77. The van der Waals surface area contributed by atoms with Crippen molar-refractivity contribution in [1.29, 1.82) is 0 Å². The van der Waals surface area contributed by atoms with Crippen LogP contribution in [0, 0.1) is 0 Å². The summed E-state index contributed by atoms with van der Waals surface area (Å²) in [6, 6.07) is 5.72. The van der Waals surface area contributed by atoms with E-state index in [9.17, 15) is 4.39 Å². The number of rotatable bonds is 1. The molecule has 1 aromatic heterocycles. The average molecular weight is 181 g/mol. The van der Waals surface area contributed by atoms with E-state index in [4.69, 9.17) is 9.90 Å². The first-order valence-electron chi connectivity index (χ1n) is 2.90. The third-order valence-corrected chi connectivity index (χ3v) is 0.681. The van der Waals surface area contributed by atoms with Crippen LogP contribution in [0.25, 0.3) is 0 Å². The number of carbonyl (C=O) groups is 1. The Hall–Kier alpha value is -0.450. The Kier molecular flexibility index (Phi) is 12.4. The molecule has 0 radical (unpaired) electrons. The van der Waals surface area contributed by atoms with Gasteiger partial charge < -0.3 is 6.53 Å². The third kappa shape index (κ3) is 12.2. The maximum Gasteiger partial charge on any atom is 1.00 e. The minimum atomic E-state index is -1.41. The summed E-state index contributed by atoms with van der Waals surface area (Å²) in [6.45, 7) is -1.28. The van der Waals surface area contributed by atoms with Crippen LogP contribution >= 0.6 is 0 Å². The van der Waals surface area contributed by atoms with Gasteiger partial charge in [-0.25, -0.2) is 9.18 Å². The smallest absolute Gasteiger partial charge is 1.00 e. The normalized spacial score (nSPS) is 7.08. The Balaban J connectivity index is -0.000000136. The van der Waals surface area contributed by atoms with E-state index in [0.29, 0.717) is 0 Å². The maximum atomic E-state index is 10.5. The molecule has 1 N–H and O–H groups in total. The van der Waals surface area contributed by atoms with Crippen LogP contribution < -0.4 is 29.6 Å². The van der Waals surface area contributed by atoms with E-state index in [2.05, 4.69) is 4.98 Å². The van der Waals surface area contributed by atoms with Crippen molar-refractivity contribution >= 4 is 5.97 Å². The van der Waals surface area contributed by atoms with Gasteiger partial charge in [-0.05, 0) is 12.1 Å². The molecule has 0 amide bonds. The Bertz CT molecular complexity index is 174. The van der Waals surface area contributed by atoms with Gasteiger partial charge in [-0.2, -0.15) is 0 Å². The van der Waals surface area contributed by atoms with E-state index in [1.54, 1.807) is 12.4 Å². The average Bonchev–Trinajstić information content (AvgIpc) is 2.09. The predicted molar refractivity (Wildman–Crippen MR) is 39.0 cm³/mol. The van der Waals surface area contributed by atoms with Crippen LogP contribution in [0.4, 0.5) is 4.39 Å². The van der Waals surface area contributed by atoms with Crippen molar-refractivity contribution < 1.29 is 45.3 Å². The second-order valence-corrected chi connectivity index (χ2v) is 1.55. The molecule has 0 aliphatic heterocycles. The Morgan fingerprint density at radius 1 is 1.42 bits per heavy atom. The van der Waals surface area contributed by atoms with Gasteiger partial charge >= 0.3 is 35.5 Å². The number of hydrogen-bond acceptors (Lipinski definition) is 2. The number of alkyl halides is 1. The van der Waals surface area contributed by atoms with Crippen LogP contribution in [-0.4, -0.2) is 22.7 Å². The van der Waals surface area contributed by atoms with Crippen molar-refractivity contribution in [2.75, 3.05) is 6.67 Å². The van der Waals surface area contributed by atoms with Gasteiger partial charge in [-0.15, -0.1) is 0 Å². The molecule has 0 aliphatic rings. The van der Waals surface area contributed by atoms with E-state index in [1.807, 2.05) is 18.2 Å². The Morgan fingerprint density at radius 2 is 1.83 bits per heavy atom. The molecule has 0 atom stereocenters. The van der Waals surface area contributed by atoms with E-state index in [1.165, 1.54) is 0 Å². The molecule has 0 aromatic carbocycles. The summed E-state index contributed by atoms with van der Waals surface area (Å²) in [5.41, 5.74) is 0. The molecule has 5 heteroatoms. The zero-order valence-corrected chi connectivity index (χ0v) is 8.77. The quantitative estimate of drug-likeness (QED) is 0.522. The van der Waals surface area contributed by atoms with Crippen molar-refractivity contribution in [3.63, 3.8) is 0 Å². The van der Waals surface area contributed by atoms with Gasteiger partial charge in [0, 0.05) is 12.4 Å². The number of hydrogen-bond donors (Lipinski definition) is 1. The minimum Gasteiger partial charge on any atom is -1.00 e. The number of halogens is 1. The molecule has 62 valence electrons. The van der Waals surface area contributed by atoms with Gasteiger partial charge in [0.15, 0.2) is 6.67 Å². The molecule has 0 unspecified atom stereocenters. The molecule has 0 aliphatic carbocycles. The maximum absolute atomic E-state index is 10.5. The molecule has 0 saturated carbocycles. The summed E-state index contributed by atoms with van der Waals surface area (Å²) in [5.74, 6) is -1.41. The molecule has 12 heavy (non-hydrogen) atoms. The fourth-order valence-electron chi connectivity index (χ4n) is 0.313. The SMILES string of the molecule is O=C(O)CF.[H-].[Na+].c1ccncc1. The second kappa shape index (κ2) is 10.6. The molecular formula is C7H9FNNaO2. The van der Waals surface area contributed by atoms with Crippen molar-refractivity contribution in [3.05, 3.63) is 30.6 Å². The standard InChI is InChI=1S/C5H5N.C2H3FO2.Na.H/c1-2-4-6-5-3-1;3-1-2(4)5;;/h1-5H;1H2,(H,4,5);;/q;;+1;-1. The van der Waals surface area contributed by atoms with Crippen molar-refractivity contribution in [1.82, 2.24) is 4.98 Å². The molecule has 1 aromatic rings. The van der Waals surface area contributed by atoms with Crippen LogP contribution in [0.1, 0.15) is 1.43 Å². The van der Waals surface area contributed by atoms with E-state index in [-0.39, 0.29) is 31.0 Å². The predicted octanol–water partition coefficient (Wildman–Crippen LogP) is -1.76. The van der Waals surface area contributed by atoms with Crippen molar-refractivity contribution in [2.24, 2.45) is 0 Å². The molecule has 0 spiro atoms. The fourth-order valence-corrected chi connectivity index (χ4v) is 0.313. The molecular weight excluding hydrogens is 172 g/mol. The van der Waals surface area contributed by atoms with E-state index >= 15 is 0 Å². The number of pyridine rings is 1. The number of carboxylic acids is 1. The number of nitrogens with zero attached hydrogens (tertiary/aromatic N) is 1. The molecule has 0 saturated heterocycles. The summed E-state index contributed by atoms with van der Waals surface area (Å²) >= 11 is 0. The Labute approximate surface area is 93.4 Å². The number of aromatic nitrogens is 1. The molecule has 3 nitrogen and oxygen atoms in total. The summed E-state index contributed by atoms with van der Waals surface area (Å²) in [4.78, 5) is 12.8. The largest absolute Gasteiger partial charge is 1.00 e. The van der Waals surface area contributed by atoms with Gasteiger partial charge in [0.25, 0.3) is 0 Å². The minimum absolute atomic E-state index is 0. The molecule has 0 bridgehead atoms. The first-order chi connectivity index (χ1) is 5.27. The summed E-state index contributed by atoms with van der Waals surface area (Å²) < 4.78 is 10.5. The number of aliphatic carboxylic acids is 1. The van der Waals surface area contributed by atoms with E-state index < -0.39 is 12.6 Å². The topological polar surface area (TPSA) is 50.2 Å². The van der Waals surface area contributed by atoms with Gasteiger partial charge in [-0.3, -0.25) is 4.98 Å². The first kappa shape index (κ1) is 14.1. The molecule has 1 heterocycles.